The highest BCUT2D eigenvalue weighted by Gasteiger charge is 2.51. The van der Waals surface area contributed by atoms with E-state index in [1.807, 2.05) is 30.3 Å². The van der Waals surface area contributed by atoms with Gasteiger partial charge in [0.15, 0.2) is 0 Å². The number of fused-ring (bicyclic) bond motifs is 1. The van der Waals surface area contributed by atoms with Gasteiger partial charge in [0.05, 0.1) is 18.6 Å². The summed E-state index contributed by atoms with van der Waals surface area (Å²) >= 11 is 0. The van der Waals surface area contributed by atoms with E-state index in [9.17, 15) is 67.7 Å². The van der Waals surface area contributed by atoms with E-state index in [0.717, 1.165) is 11.1 Å². The minimum atomic E-state index is -1.84. The molecule has 0 saturated carbocycles. The summed E-state index contributed by atoms with van der Waals surface area (Å²) in [5, 5.41) is 38.8. The zero-order valence-electron chi connectivity index (χ0n) is 49.9. The van der Waals surface area contributed by atoms with Gasteiger partial charge in [-0.15, -0.1) is 0 Å². The molecule has 26 nitrogen and oxygen atoms in total. The second-order valence-electron chi connectivity index (χ2n) is 23.6. The maximum atomic E-state index is 14.7. The number of nitrogens with one attached hydrogen (secondary N) is 7. The number of amides is 11. The monoisotopic (exact) mass is 1220 g/mol. The first kappa shape index (κ1) is 66.7. The van der Waals surface area contributed by atoms with Crippen molar-refractivity contribution in [1.29, 1.82) is 0 Å². The molecule has 474 valence electrons. The highest BCUT2D eigenvalue weighted by molar-refractivity contribution is 6.00. The van der Waals surface area contributed by atoms with E-state index < -0.39 is 162 Å². The van der Waals surface area contributed by atoms with Crippen LogP contribution < -0.4 is 48.7 Å². The summed E-state index contributed by atoms with van der Waals surface area (Å²) in [6, 6.07) is 12.5. The molecule has 0 bridgehead atoms. The molecule has 11 amide bonds. The lowest BCUT2D eigenvalue weighted by Crippen LogP contribution is -2.61. The predicted octanol–water partition coefficient (Wildman–Crippen LogP) is -1.41. The first-order valence-corrected chi connectivity index (χ1v) is 30.0. The SMILES string of the molecule is CC(C)[C@H](NC(=O)[C@@H](N)Cc1ccccc1)C(=O)N1CCC[C@H]1C(=O)N[C@H](C(=O)N[C@@H](CC(=O)O)C(=O)N[C@H]1C[C@H]2CCC[C@@H](C(=O)N3CCC[C@H]3C(=O)N[C@@H](Cc3ccccc3)C(=O)N[C@@H](C)C(=O)N[C@@H](Cc3ccccc3)C(N)=O)N2C1=O)[C@@H](C)O. The topological polar surface area (TPSA) is 391 Å². The van der Waals surface area contributed by atoms with E-state index >= 15 is 0 Å². The van der Waals surface area contributed by atoms with E-state index in [2.05, 4.69) is 37.2 Å². The Kier molecular flexibility index (Phi) is 23.3. The maximum Gasteiger partial charge on any atom is 0.305 e. The Labute approximate surface area is 510 Å². The van der Waals surface area contributed by atoms with Gasteiger partial charge in [-0.25, -0.2) is 0 Å². The molecule has 4 aliphatic heterocycles. The van der Waals surface area contributed by atoms with E-state index in [-0.39, 0.29) is 58.0 Å². The van der Waals surface area contributed by atoms with Crippen molar-refractivity contribution >= 4 is 70.9 Å². The van der Waals surface area contributed by atoms with Crippen LogP contribution in [0, 0.1) is 5.92 Å². The Morgan fingerprint density at radius 2 is 1.08 bits per heavy atom. The van der Waals surface area contributed by atoms with Gasteiger partial charge in [0.25, 0.3) is 0 Å². The van der Waals surface area contributed by atoms with Gasteiger partial charge in [-0.3, -0.25) is 57.5 Å². The number of carboxylic acids is 1. The number of likely N-dealkylation sites (tertiary alicyclic amines) is 2. The van der Waals surface area contributed by atoms with E-state index in [4.69, 9.17) is 11.5 Å². The van der Waals surface area contributed by atoms with Crippen molar-refractivity contribution in [3.8, 4) is 0 Å². The number of carbonyl (C=O) groups excluding carboxylic acids is 11. The second kappa shape index (κ2) is 30.7. The molecule has 26 heteroatoms. The van der Waals surface area contributed by atoms with Crippen LogP contribution in [-0.2, 0) is 76.8 Å². The van der Waals surface area contributed by atoms with Crippen molar-refractivity contribution in [2.45, 2.75) is 183 Å². The summed E-state index contributed by atoms with van der Waals surface area (Å²) in [7, 11) is 0. The molecule has 4 saturated heterocycles. The van der Waals surface area contributed by atoms with Crippen LogP contribution >= 0.6 is 0 Å². The molecule has 0 aliphatic carbocycles. The predicted molar refractivity (Wildman–Crippen MR) is 318 cm³/mol. The number of nitrogens with two attached hydrogens (primary N) is 2. The molecule has 4 heterocycles. The average molecular weight is 1220 g/mol. The maximum absolute atomic E-state index is 14.7. The number of piperidine rings is 1. The lowest BCUT2D eigenvalue weighted by molar-refractivity contribution is -0.150. The fourth-order valence-corrected chi connectivity index (χ4v) is 11.9. The Hall–Kier alpha value is -8.78. The van der Waals surface area contributed by atoms with E-state index in [1.54, 1.807) is 74.5 Å². The standard InChI is InChI=1S/C62H82N12O14/c1-34(2)50(70-54(80)41(63)29-37-17-8-5-9-18-37)62(88)73-28-16-26-47(73)58(84)71-51(36(4)75)59(85)68-44(33-49(76)77)56(82)69-45-32-40-23-14-24-48(74(40)60(45)86)61(87)72-27-15-25-46(72)57(83)67-43(31-39-21-12-7-13-22-39)55(81)65-35(3)53(79)66-42(52(64)78)30-38-19-10-6-11-20-38/h5-13,17-22,34-36,40-48,50-51,75H,14-16,23-33,63H2,1-4H3,(H2,64,78)(H,65,81)(H,66,79)(H,67,83)(H,68,85)(H,69,82)(H,70,80)(H,71,84)(H,76,77)/t35-,36+,40+,41-,42-,43-,44-,45-,46-,47-,48-,50-,51-/m0/s1. The van der Waals surface area contributed by atoms with Crippen molar-refractivity contribution in [1.82, 2.24) is 51.9 Å². The van der Waals surface area contributed by atoms with Gasteiger partial charge in [0.2, 0.25) is 65.0 Å². The molecular formula is C62H82N12O14. The third kappa shape index (κ3) is 17.3. The zero-order valence-corrected chi connectivity index (χ0v) is 49.9. The lowest BCUT2D eigenvalue weighted by atomic mass is 9.95. The van der Waals surface area contributed by atoms with Crippen LogP contribution in [0.1, 0.15) is 102 Å². The number of primary amides is 1. The number of benzene rings is 3. The molecule has 3 aromatic rings. The fraction of sp³-hybridized carbons (Fsp3) is 0.516. The largest absolute Gasteiger partial charge is 0.481 e. The summed E-state index contributed by atoms with van der Waals surface area (Å²) in [5.41, 5.74) is 14.1. The van der Waals surface area contributed by atoms with Crippen molar-refractivity contribution in [3.05, 3.63) is 108 Å². The van der Waals surface area contributed by atoms with Crippen LogP contribution in [-0.4, -0.2) is 188 Å². The van der Waals surface area contributed by atoms with Gasteiger partial charge in [-0.05, 0) is 94.2 Å². The van der Waals surface area contributed by atoms with Gasteiger partial charge < -0.3 is 73.6 Å². The normalized spacial score (nSPS) is 21.6. The summed E-state index contributed by atoms with van der Waals surface area (Å²) in [6.45, 7) is 6.31. The molecule has 13 N–H and O–H groups in total. The fourth-order valence-electron chi connectivity index (χ4n) is 11.9. The number of rotatable bonds is 27. The number of aliphatic hydroxyl groups is 1. The molecule has 0 aromatic heterocycles. The number of hydrogen-bond acceptors (Lipinski definition) is 14. The molecule has 4 aliphatic rings. The average Bonchev–Trinajstić information content (AvgIpc) is 1.89. The van der Waals surface area contributed by atoms with Crippen LogP contribution in [0.25, 0.3) is 0 Å². The molecular weight excluding hydrogens is 1140 g/mol. The number of carboxylic acid groups (broad SMARTS) is 1. The minimum absolute atomic E-state index is 0.00129. The van der Waals surface area contributed by atoms with Crippen molar-refractivity contribution in [2.75, 3.05) is 13.1 Å². The third-order valence-electron chi connectivity index (χ3n) is 16.6. The molecule has 88 heavy (non-hydrogen) atoms. The van der Waals surface area contributed by atoms with Crippen LogP contribution in [0.15, 0.2) is 91.0 Å². The molecule has 13 atom stereocenters. The Balaban J connectivity index is 0.965. The summed E-state index contributed by atoms with van der Waals surface area (Å²) < 4.78 is 0. The molecule has 3 aromatic carbocycles. The summed E-state index contributed by atoms with van der Waals surface area (Å²) in [4.78, 5) is 169. The molecule has 7 rings (SSSR count). The van der Waals surface area contributed by atoms with Crippen LogP contribution in [0.2, 0.25) is 0 Å². The number of nitrogens with zero attached hydrogens (tertiary/aromatic N) is 3. The third-order valence-corrected chi connectivity index (χ3v) is 16.6. The van der Waals surface area contributed by atoms with Crippen molar-refractivity contribution in [2.24, 2.45) is 17.4 Å². The Morgan fingerprint density at radius 1 is 0.557 bits per heavy atom. The second-order valence-corrected chi connectivity index (χ2v) is 23.6. The van der Waals surface area contributed by atoms with Gasteiger partial charge in [-0.1, -0.05) is 105 Å². The number of hydrogen-bond donors (Lipinski definition) is 11. The van der Waals surface area contributed by atoms with Crippen molar-refractivity contribution in [3.63, 3.8) is 0 Å². The van der Waals surface area contributed by atoms with E-state index in [1.165, 1.54) is 28.5 Å². The summed E-state index contributed by atoms with van der Waals surface area (Å²) in [6.07, 6.45) is 0.0499. The van der Waals surface area contributed by atoms with Crippen molar-refractivity contribution < 1.29 is 67.7 Å². The highest BCUT2D eigenvalue weighted by Crippen LogP contribution is 2.35. The van der Waals surface area contributed by atoms with Gasteiger partial charge in [0.1, 0.15) is 60.4 Å². The quantitative estimate of drug-likeness (QED) is 0.0418. The van der Waals surface area contributed by atoms with Gasteiger partial charge in [-0.2, -0.15) is 0 Å². The number of aliphatic hydroxyl groups excluding tert-OH is 1. The van der Waals surface area contributed by atoms with Crippen LogP contribution in [0.3, 0.4) is 0 Å². The summed E-state index contributed by atoms with van der Waals surface area (Å²) in [5.74, 6) is -10.2. The number of carbonyl (C=O) groups is 12. The molecule has 0 spiro atoms. The zero-order chi connectivity index (χ0) is 63.9. The highest BCUT2D eigenvalue weighted by atomic mass is 16.4. The first-order chi connectivity index (χ1) is 41.9. The molecule has 4 fully saturated rings. The molecule has 0 unspecified atom stereocenters. The van der Waals surface area contributed by atoms with Crippen LogP contribution in [0.5, 0.6) is 0 Å². The Bertz CT molecular complexity index is 3030. The van der Waals surface area contributed by atoms with Gasteiger partial charge in [0, 0.05) is 32.0 Å². The van der Waals surface area contributed by atoms with Gasteiger partial charge >= 0.3 is 5.97 Å². The smallest absolute Gasteiger partial charge is 0.305 e. The lowest BCUT2D eigenvalue weighted by Gasteiger charge is -2.39. The molecule has 0 radical (unpaired) electrons. The Morgan fingerprint density at radius 3 is 1.64 bits per heavy atom. The minimum Gasteiger partial charge on any atom is -0.481 e. The van der Waals surface area contributed by atoms with Crippen LogP contribution in [0.4, 0.5) is 0 Å². The number of aliphatic carboxylic acids is 1. The first-order valence-electron chi connectivity index (χ1n) is 30.0. The van der Waals surface area contributed by atoms with E-state index in [0.29, 0.717) is 31.2 Å².